The van der Waals surface area contributed by atoms with Gasteiger partial charge in [0.1, 0.15) is 0 Å². The molecule has 126 valence electrons. The lowest BCUT2D eigenvalue weighted by Crippen LogP contribution is -2.39. The standard InChI is InChI=1S/C13H25N.C2H6O4S/c14-13(11-7-3-1-4-8-11)12-9-5-2-6-10-12;3-1-2-7(4,5)6/h11-13H,1-10,14H2;3H,1-2H2,(H,4,5,6). The normalized spacial score (nSPS) is 21.9. The Morgan fingerprint density at radius 2 is 1.29 bits per heavy atom. The van der Waals surface area contributed by atoms with E-state index in [1.807, 2.05) is 0 Å². The lowest BCUT2D eigenvalue weighted by Gasteiger charge is -2.35. The first-order valence-electron chi connectivity index (χ1n) is 8.25. The highest BCUT2D eigenvalue weighted by atomic mass is 32.2. The molecule has 2 rings (SSSR count). The average molecular weight is 321 g/mol. The molecular weight excluding hydrogens is 290 g/mol. The van der Waals surface area contributed by atoms with Crippen molar-refractivity contribution in [3.8, 4) is 0 Å². The van der Waals surface area contributed by atoms with Gasteiger partial charge in [-0.2, -0.15) is 8.42 Å². The fourth-order valence-electron chi connectivity index (χ4n) is 3.54. The van der Waals surface area contributed by atoms with Gasteiger partial charge in [0.25, 0.3) is 10.1 Å². The summed E-state index contributed by atoms with van der Waals surface area (Å²) in [5.41, 5.74) is 6.42. The van der Waals surface area contributed by atoms with E-state index in [9.17, 15) is 8.42 Å². The van der Waals surface area contributed by atoms with Gasteiger partial charge in [-0.1, -0.05) is 38.5 Å². The lowest BCUT2D eigenvalue weighted by atomic mass is 9.74. The summed E-state index contributed by atoms with van der Waals surface area (Å²) in [6, 6.07) is 0.538. The molecule has 2 saturated carbocycles. The van der Waals surface area contributed by atoms with Crippen LogP contribution in [0.15, 0.2) is 0 Å². The van der Waals surface area contributed by atoms with Crippen LogP contribution < -0.4 is 5.73 Å². The molecule has 2 aliphatic carbocycles. The molecule has 6 heteroatoms. The first kappa shape index (κ1) is 18.9. The number of rotatable bonds is 4. The van der Waals surface area contributed by atoms with Crippen LogP contribution in [0.3, 0.4) is 0 Å². The largest absolute Gasteiger partial charge is 0.395 e. The number of nitrogens with two attached hydrogens (primary N) is 1. The maximum Gasteiger partial charge on any atom is 0.267 e. The van der Waals surface area contributed by atoms with E-state index in [0.717, 1.165) is 11.8 Å². The zero-order valence-corrected chi connectivity index (χ0v) is 13.7. The van der Waals surface area contributed by atoms with Crippen LogP contribution in [-0.2, 0) is 10.1 Å². The highest BCUT2D eigenvalue weighted by Gasteiger charge is 2.28. The van der Waals surface area contributed by atoms with Crippen LogP contribution in [0, 0.1) is 11.8 Å². The smallest absolute Gasteiger partial charge is 0.267 e. The van der Waals surface area contributed by atoms with Crippen LogP contribution in [0.2, 0.25) is 0 Å². The predicted molar refractivity (Wildman–Crippen MR) is 84.6 cm³/mol. The summed E-state index contributed by atoms with van der Waals surface area (Å²) in [7, 11) is -3.92. The fraction of sp³-hybridized carbons (Fsp3) is 1.00. The third kappa shape index (κ3) is 8.14. The van der Waals surface area contributed by atoms with Gasteiger partial charge in [0.05, 0.1) is 12.4 Å². The van der Waals surface area contributed by atoms with Gasteiger partial charge in [0, 0.05) is 6.04 Å². The van der Waals surface area contributed by atoms with Crippen molar-refractivity contribution in [3.05, 3.63) is 0 Å². The fourth-order valence-corrected chi connectivity index (χ4v) is 3.77. The van der Waals surface area contributed by atoms with E-state index in [1.165, 1.54) is 64.2 Å². The molecule has 0 unspecified atom stereocenters. The number of hydrogen-bond donors (Lipinski definition) is 3. The highest BCUT2D eigenvalue weighted by Crippen LogP contribution is 2.34. The molecule has 2 aliphatic rings. The summed E-state index contributed by atoms with van der Waals surface area (Å²) in [6.45, 7) is -0.529. The van der Waals surface area contributed by atoms with Crippen molar-refractivity contribution in [3.63, 3.8) is 0 Å². The molecule has 0 radical (unpaired) electrons. The minimum Gasteiger partial charge on any atom is -0.395 e. The number of aliphatic hydroxyl groups is 1. The second-order valence-electron chi connectivity index (χ2n) is 6.38. The van der Waals surface area contributed by atoms with Crippen molar-refractivity contribution in [2.24, 2.45) is 17.6 Å². The Bertz CT molecular complexity index is 342. The summed E-state index contributed by atoms with van der Waals surface area (Å²) in [5, 5.41) is 7.86. The lowest BCUT2D eigenvalue weighted by molar-refractivity contribution is 0.205. The second-order valence-corrected chi connectivity index (χ2v) is 7.96. The van der Waals surface area contributed by atoms with Crippen molar-refractivity contribution in [1.82, 2.24) is 0 Å². The van der Waals surface area contributed by atoms with Crippen LogP contribution in [0.1, 0.15) is 64.2 Å². The maximum absolute atomic E-state index is 9.63. The van der Waals surface area contributed by atoms with E-state index >= 15 is 0 Å². The Balaban J connectivity index is 0.000000270. The summed E-state index contributed by atoms with van der Waals surface area (Å²) >= 11 is 0. The number of aliphatic hydroxyl groups excluding tert-OH is 1. The van der Waals surface area contributed by atoms with Crippen LogP contribution >= 0.6 is 0 Å². The van der Waals surface area contributed by atoms with Gasteiger partial charge in [-0.3, -0.25) is 4.55 Å². The molecule has 21 heavy (non-hydrogen) atoms. The number of hydrogen-bond acceptors (Lipinski definition) is 4. The predicted octanol–water partition coefficient (Wildman–Crippen LogP) is 2.34. The Hall–Kier alpha value is -0.170. The van der Waals surface area contributed by atoms with Crippen molar-refractivity contribution in [1.29, 1.82) is 0 Å². The van der Waals surface area contributed by atoms with E-state index in [-0.39, 0.29) is 0 Å². The Labute approximate surface area is 129 Å². The topological polar surface area (TPSA) is 101 Å². The molecule has 0 aromatic carbocycles. The molecule has 5 nitrogen and oxygen atoms in total. The Morgan fingerprint density at radius 3 is 1.52 bits per heavy atom. The Kier molecular flexibility index (Phi) is 8.78. The molecule has 2 fully saturated rings. The van der Waals surface area contributed by atoms with E-state index in [2.05, 4.69) is 0 Å². The summed E-state index contributed by atoms with van der Waals surface area (Å²) in [6.07, 6.45) is 14.3. The molecule has 0 saturated heterocycles. The van der Waals surface area contributed by atoms with Crippen molar-refractivity contribution in [2.75, 3.05) is 12.4 Å². The highest BCUT2D eigenvalue weighted by molar-refractivity contribution is 7.85. The van der Waals surface area contributed by atoms with Gasteiger partial charge >= 0.3 is 0 Å². The van der Waals surface area contributed by atoms with Crippen molar-refractivity contribution < 1.29 is 18.1 Å². The molecule has 0 heterocycles. The van der Waals surface area contributed by atoms with Crippen LogP contribution in [-0.4, -0.2) is 36.5 Å². The van der Waals surface area contributed by atoms with Gasteiger partial charge in [-0.05, 0) is 37.5 Å². The van der Waals surface area contributed by atoms with Crippen LogP contribution in [0.5, 0.6) is 0 Å². The third-order valence-corrected chi connectivity index (χ3v) is 5.44. The quantitative estimate of drug-likeness (QED) is 0.690. The van der Waals surface area contributed by atoms with Crippen molar-refractivity contribution in [2.45, 2.75) is 70.3 Å². The molecule has 0 aromatic heterocycles. The molecule has 0 bridgehead atoms. The van der Waals surface area contributed by atoms with Gasteiger partial charge in [0.2, 0.25) is 0 Å². The first-order chi connectivity index (χ1) is 9.94. The average Bonchev–Trinajstić information content (AvgIpc) is 2.48. The molecule has 0 aliphatic heterocycles. The second kappa shape index (κ2) is 9.77. The summed E-state index contributed by atoms with van der Waals surface area (Å²) in [4.78, 5) is 0. The minimum atomic E-state index is -3.92. The molecule has 0 spiro atoms. The molecular formula is C15H31NO4S. The minimum absolute atomic E-state index is 0.529. The summed E-state index contributed by atoms with van der Waals surface area (Å²) < 4.78 is 27.1. The zero-order valence-electron chi connectivity index (χ0n) is 12.9. The maximum atomic E-state index is 9.63. The molecule has 4 N–H and O–H groups in total. The van der Waals surface area contributed by atoms with E-state index < -0.39 is 22.5 Å². The monoisotopic (exact) mass is 321 g/mol. The van der Waals surface area contributed by atoms with E-state index in [0.29, 0.717) is 6.04 Å². The van der Waals surface area contributed by atoms with Gasteiger partial charge in [0.15, 0.2) is 0 Å². The SMILES string of the molecule is NC(C1CCCCC1)C1CCCCC1.O=S(=O)(O)CCO. The van der Waals surface area contributed by atoms with Crippen LogP contribution in [0.4, 0.5) is 0 Å². The van der Waals surface area contributed by atoms with E-state index in [1.54, 1.807) is 0 Å². The summed E-state index contributed by atoms with van der Waals surface area (Å²) in [5.74, 6) is 1.16. The van der Waals surface area contributed by atoms with Crippen LogP contribution in [0.25, 0.3) is 0 Å². The molecule has 0 amide bonds. The molecule has 0 aromatic rings. The third-order valence-electron chi connectivity index (χ3n) is 4.74. The Morgan fingerprint density at radius 1 is 0.905 bits per heavy atom. The molecule has 0 atom stereocenters. The van der Waals surface area contributed by atoms with Gasteiger partial charge in [-0.25, -0.2) is 0 Å². The van der Waals surface area contributed by atoms with Gasteiger partial charge in [-0.15, -0.1) is 0 Å². The first-order valence-corrected chi connectivity index (χ1v) is 9.86. The zero-order chi connectivity index (χ0) is 15.7. The van der Waals surface area contributed by atoms with Crippen molar-refractivity contribution >= 4 is 10.1 Å². The van der Waals surface area contributed by atoms with Gasteiger partial charge < -0.3 is 10.8 Å². The van der Waals surface area contributed by atoms with E-state index in [4.69, 9.17) is 15.4 Å².